The second-order valence-electron chi connectivity index (χ2n) is 4.13. The van der Waals surface area contributed by atoms with Crippen LogP contribution in [0.5, 0.6) is 0 Å². The van der Waals surface area contributed by atoms with E-state index in [9.17, 15) is 4.79 Å². The van der Waals surface area contributed by atoms with Gasteiger partial charge in [0.05, 0.1) is 15.4 Å². The molecule has 0 spiro atoms. The number of rotatable bonds is 4. The fourth-order valence-electron chi connectivity index (χ4n) is 1.86. The molecule has 0 aliphatic rings. The molecule has 3 heterocycles. The lowest BCUT2D eigenvalue weighted by molar-refractivity contribution is 0.0959. The maximum atomic E-state index is 12.1. The summed E-state index contributed by atoms with van der Waals surface area (Å²) in [5, 5.41) is 5.80. The molecule has 3 rings (SSSR count). The van der Waals surface area contributed by atoms with Crippen molar-refractivity contribution in [3.8, 4) is 0 Å². The van der Waals surface area contributed by atoms with Gasteiger partial charge in [-0.15, -0.1) is 22.7 Å². The molecule has 0 saturated heterocycles. The minimum absolute atomic E-state index is 0.151. The van der Waals surface area contributed by atoms with Crippen molar-refractivity contribution in [2.24, 2.45) is 0 Å². The van der Waals surface area contributed by atoms with Gasteiger partial charge in [0.15, 0.2) is 0 Å². The molecule has 0 aliphatic heterocycles. The lowest BCUT2D eigenvalue weighted by Crippen LogP contribution is -2.25. The molecule has 0 aromatic carbocycles. The molecule has 0 saturated carbocycles. The van der Waals surface area contributed by atoms with Gasteiger partial charge in [-0.05, 0) is 12.1 Å². The first-order valence-electron chi connectivity index (χ1n) is 6.05. The molecule has 0 fully saturated rings. The second-order valence-corrected chi connectivity index (χ2v) is 6.16. The Kier molecular flexibility index (Phi) is 3.62. The minimum atomic E-state index is -0.151. The summed E-state index contributed by atoms with van der Waals surface area (Å²) in [6.07, 6.45) is 4.17. The number of hydrogen-bond donors (Lipinski definition) is 2. The van der Waals surface area contributed by atoms with Crippen molar-refractivity contribution < 1.29 is 4.79 Å². The molecule has 0 atom stereocenters. The van der Waals surface area contributed by atoms with Crippen LogP contribution in [0.2, 0.25) is 0 Å². The highest BCUT2D eigenvalue weighted by molar-refractivity contribution is 7.21. The third-order valence-corrected chi connectivity index (χ3v) is 4.79. The summed E-state index contributed by atoms with van der Waals surface area (Å²) in [6, 6.07) is 3.75. The number of nitrogens with one attached hydrogen (secondary N) is 1. The van der Waals surface area contributed by atoms with Gasteiger partial charge >= 0.3 is 0 Å². The number of pyridine rings is 1. The zero-order valence-corrected chi connectivity index (χ0v) is 12.1. The number of amides is 1. The summed E-state index contributed by atoms with van der Waals surface area (Å²) < 4.78 is 0.926. The Labute approximate surface area is 123 Å². The van der Waals surface area contributed by atoms with E-state index in [1.54, 1.807) is 23.7 Å². The first-order valence-corrected chi connectivity index (χ1v) is 7.75. The van der Waals surface area contributed by atoms with Gasteiger partial charge in [-0.2, -0.15) is 0 Å². The summed E-state index contributed by atoms with van der Waals surface area (Å²) in [4.78, 5) is 21.0. The van der Waals surface area contributed by atoms with Crippen LogP contribution in [0.15, 0.2) is 29.9 Å². The number of fused-ring (bicyclic) bond motifs is 1. The fraction of sp³-hybridized carbons (Fsp3) is 0.154. The third-order valence-electron chi connectivity index (χ3n) is 2.80. The van der Waals surface area contributed by atoms with Gasteiger partial charge < -0.3 is 11.1 Å². The molecule has 7 heteroatoms. The van der Waals surface area contributed by atoms with Crippen molar-refractivity contribution in [1.29, 1.82) is 0 Å². The van der Waals surface area contributed by atoms with Crippen LogP contribution < -0.4 is 11.1 Å². The number of carbonyl (C=O) groups is 1. The van der Waals surface area contributed by atoms with E-state index in [1.807, 2.05) is 17.5 Å². The topological polar surface area (TPSA) is 80.9 Å². The van der Waals surface area contributed by atoms with E-state index in [1.165, 1.54) is 11.3 Å². The largest absolute Gasteiger partial charge is 0.396 e. The molecule has 20 heavy (non-hydrogen) atoms. The predicted molar refractivity (Wildman–Crippen MR) is 82.2 cm³/mol. The Morgan fingerprint density at radius 2 is 2.25 bits per heavy atom. The number of anilines is 1. The number of nitrogen functional groups attached to an aromatic ring is 1. The normalized spacial score (nSPS) is 10.8. The van der Waals surface area contributed by atoms with Gasteiger partial charge in [-0.1, -0.05) is 0 Å². The van der Waals surface area contributed by atoms with Crippen LogP contribution >= 0.6 is 22.7 Å². The lowest BCUT2D eigenvalue weighted by atomic mass is 10.3. The Bertz CT molecular complexity index is 736. The Hall–Kier alpha value is -1.99. The van der Waals surface area contributed by atoms with E-state index >= 15 is 0 Å². The van der Waals surface area contributed by atoms with E-state index in [4.69, 9.17) is 5.73 Å². The van der Waals surface area contributed by atoms with E-state index < -0.39 is 0 Å². The molecular weight excluding hydrogens is 292 g/mol. The minimum Gasteiger partial charge on any atom is -0.396 e. The van der Waals surface area contributed by atoms with Crippen molar-refractivity contribution in [2.75, 3.05) is 12.3 Å². The molecule has 0 unspecified atom stereocenters. The molecule has 0 bridgehead atoms. The van der Waals surface area contributed by atoms with Crippen LogP contribution in [0.25, 0.3) is 10.2 Å². The molecule has 3 aromatic heterocycles. The Morgan fingerprint density at radius 3 is 3.00 bits per heavy atom. The van der Waals surface area contributed by atoms with Crippen LogP contribution in [-0.4, -0.2) is 22.4 Å². The average molecular weight is 304 g/mol. The summed E-state index contributed by atoms with van der Waals surface area (Å²) in [6.45, 7) is 0.549. The quantitative estimate of drug-likeness (QED) is 0.775. The first-order chi connectivity index (χ1) is 9.75. The van der Waals surface area contributed by atoms with Crippen molar-refractivity contribution in [3.63, 3.8) is 0 Å². The van der Waals surface area contributed by atoms with E-state index in [-0.39, 0.29) is 5.91 Å². The summed E-state index contributed by atoms with van der Waals surface area (Å²) in [5.74, 6) is -0.151. The summed E-state index contributed by atoms with van der Waals surface area (Å²) in [7, 11) is 0. The number of aromatic nitrogens is 2. The smallest absolute Gasteiger partial charge is 0.263 e. The summed E-state index contributed by atoms with van der Waals surface area (Å²) >= 11 is 2.95. The van der Waals surface area contributed by atoms with Gasteiger partial charge in [0, 0.05) is 30.7 Å². The highest BCUT2D eigenvalue weighted by Gasteiger charge is 2.16. The van der Waals surface area contributed by atoms with Gasteiger partial charge in [0.1, 0.15) is 10.4 Å². The third kappa shape index (κ3) is 2.50. The molecule has 1 amide bonds. The zero-order chi connectivity index (χ0) is 13.9. The molecule has 0 aliphatic carbocycles. The Balaban J connectivity index is 1.71. The molecule has 102 valence electrons. The highest BCUT2D eigenvalue weighted by atomic mass is 32.1. The SMILES string of the molecule is Nc1c(C(=O)NCCc2nccs2)sc2cccnc12. The standard InChI is InChI=1S/C13H12N4OS2/c14-10-11-8(2-1-4-16-11)20-12(10)13(18)17-5-3-9-15-6-7-19-9/h1-2,4,6-7H,3,5,14H2,(H,17,18). The maximum absolute atomic E-state index is 12.1. The molecular formula is C13H12N4OS2. The number of nitrogens with two attached hydrogens (primary N) is 1. The van der Waals surface area contributed by atoms with Gasteiger partial charge in [-0.25, -0.2) is 4.98 Å². The number of thiazole rings is 1. The predicted octanol–water partition coefficient (Wildman–Crippen LogP) is 2.31. The Morgan fingerprint density at radius 1 is 1.35 bits per heavy atom. The van der Waals surface area contributed by atoms with Crippen molar-refractivity contribution in [1.82, 2.24) is 15.3 Å². The van der Waals surface area contributed by atoms with Crippen LogP contribution in [-0.2, 0) is 6.42 Å². The van der Waals surface area contributed by atoms with Crippen LogP contribution in [0.3, 0.4) is 0 Å². The number of thiophene rings is 1. The van der Waals surface area contributed by atoms with Gasteiger partial charge in [0.25, 0.3) is 5.91 Å². The maximum Gasteiger partial charge on any atom is 0.263 e. The van der Waals surface area contributed by atoms with Crippen molar-refractivity contribution in [2.45, 2.75) is 6.42 Å². The molecule has 5 nitrogen and oxygen atoms in total. The van der Waals surface area contributed by atoms with Crippen LogP contribution in [0.4, 0.5) is 5.69 Å². The first kappa shape index (κ1) is 13.0. The average Bonchev–Trinajstić information content (AvgIpc) is 3.08. The number of nitrogens with zero attached hydrogens (tertiary/aromatic N) is 2. The van der Waals surface area contributed by atoms with Gasteiger partial charge in [-0.3, -0.25) is 9.78 Å². The van der Waals surface area contributed by atoms with E-state index in [2.05, 4.69) is 15.3 Å². The molecule has 3 aromatic rings. The zero-order valence-electron chi connectivity index (χ0n) is 10.5. The van der Waals surface area contributed by atoms with E-state index in [0.717, 1.165) is 16.1 Å². The van der Waals surface area contributed by atoms with Crippen LogP contribution in [0.1, 0.15) is 14.7 Å². The number of hydrogen-bond acceptors (Lipinski definition) is 6. The fourth-order valence-corrected chi connectivity index (χ4v) is 3.47. The second kappa shape index (κ2) is 5.56. The van der Waals surface area contributed by atoms with Crippen LogP contribution in [0, 0.1) is 0 Å². The highest BCUT2D eigenvalue weighted by Crippen LogP contribution is 2.31. The van der Waals surface area contributed by atoms with E-state index in [0.29, 0.717) is 22.6 Å². The monoisotopic (exact) mass is 304 g/mol. The van der Waals surface area contributed by atoms with Crippen molar-refractivity contribution >= 4 is 44.5 Å². The lowest BCUT2D eigenvalue weighted by Gasteiger charge is -2.02. The summed E-state index contributed by atoms with van der Waals surface area (Å²) in [5.41, 5.74) is 7.14. The van der Waals surface area contributed by atoms with Gasteiger partial charge in [0.2, 0.25) is 0 Å². The number of carbonyl (C=O) groups excluding carboxylic acids is 1. The molecule has 0 radical (unpaired) electrons. The molecule has 3 N–H and O–H groups in total. The van der Waals surface area contributed by atoms with Crippen molar-refractivity contribution in [3.05, 3.63) is 39.8 Å².